The number of carbonyl (C=O) groups excluding carboxylic acids is 1. The van der Waals surface area contributed by atoms with E-state index in [4.69, 9.17) is 4.74 Å². The molecule has 1 unspecified atom stereocenters. The Morgan fingerprint density at radius 1 is 1.27 bits per heavy atom. The molecule has 1 saturated heterocycles. The molecular weight excluding hydrogens is 424 g/mol. The van der Waals surface area contributed by atoms with Crippen LogP contribution in [-0.2, 0) is 19.6 Å². The van der Waals surface area contributed by atoms with Crippen molar-refractivity contribution >= 4 is 38.7 Å². The molecule has 1 aromatic heterocycles. The van der Waals surface area contributed by atoms with E-state index in [1.165, 1.54) is 0 Å². The third kappa shape index (κ3) is 5.07. The maximum Gasteiger partial charge on any atom is 0.257 e. The number of hydrazone groups is 1. The Hall–Kier alpha value is -2.27. The van der Waals surface area contributed by atoms with Crippen LogP contribution in [0.25, 0.3) is 0 Å². The number of benzene rings is 1. The summed E-state index contributed by atoms with van der Waals surface area (Å²) in [6, 6.07) is 10.9. The topological polar surface area (TPSA) is 91.3 Å². The first-order chi connectivity index (χ1) is 14.4. The van der Waals surface area contributed by atoms with Gasteiger partial charge in [-0.25, -0.2) is 13.4 Å². The second kappa shape index (κ2) is 8.84. The fourth-order valence-corrected chi connectivity index (χ4v) is 4.98. The minimum atomic E-state index is -3.37. The van der Waals surface area contributed by atoms with Gasteiger partial charge in [-0.15, -0.1) is 11.3 Å². The molecule has 1 amide bonds. The molecule has 0 radical (unpaired) electrons. The van der Waals surface area contributed by atoms with E-state index in [1.807, 2.05) is 23.6 Å². The van der Waals surface area contributed by atoms with E-state index >= 15 is 0 Å². The van der Waals surface area contributed by atoms with Gasteiger partial charge in [0.15, 0.2) is 0 Å². The Labute approximate surface area is 180 Å². The zero-order chi connectivity index (χ0) is 21.1. The molecular formula is C20H24N4O4S2. The van der Waals surface area contributed by atoms with E-state index in [0.717, 1.165) is 35.5 Å². The van der Waals surface area contributed by atoms with Crippen LogP contribution in [0.1, 0.15) is 22.9 Å². The molecule has 30 heavy (non-hydrogen) atoms. The monoisotopic (exact) mass is 448 g/mol. The van der Waals surface area contributed by atoms with Gasteiger partial charge in [0.1, 0.15) is 0 Å². The van der Waals surface area contributed by atoms with Gasteiger partial charge in [-0.1, -0.05) is 18.2 Å². The Balaban J connectivity index is 1.58. The van der Waals surface area contributed by atoms with Crippen LogP contribution in [0.5, 0.6) is 0 Å². The van der Waals surface area contributed by atoms with E-state index < -0.39 is 10.0 Å². The predicted molar refractivity (Wildman–Crippen MR) is 117 cm³/mol. The highest BCUT2D eigenvalue weighted by Gasteiger charge is 2.34. The lowest BCUT2D eigenvalue weighted by Gasteiger charge is -2.28. The van der Waals surface area contributed by atoms with Gasteiger partial charge in [-0.3, -0.25) is 14.4 Å². The maximum atomic E-state index is 13.1. The van der Waals surface area contributed by atoms with Crippen LogP contribution in [0.4, 0.5) is 5.69 Å². The summed E-state index contributed by atoms with van der Waals surface area (Å²) in [5.41, 5.74) is 2.04. The van der Waals surface area contributed by atoms with E-state index in [9.17, 15) is 13.2 Å². The number of hydrogen-bond donors (Lipinski definition) is 1. The average molecular weight is 449 g/mol. The molecule has 0 spiro atoms. The number of morpholine rings is 1. The molecule has 0 bridgehead atoms. The smallest absolute Gasteiger partial charge is 0.257 e. The summed E-state index contributed by atoms with van der Waals surface area (Å²) in [5, 5.41) is 8.26. The summed E-state index contributed by atoms with van der Waals surface area (Å²) in [6.45, 7) is 3.04. The third-order valence-corrected chi connectivity index (χ3v) is 6.58. The number of sulfonamides is 1. The molecule has 1 fully saturated rings. The highest BCUT2D eigenvalue weighted by Crippen LogP contribution is 2.35. The molecule has 2 aliphatic rings. The van der Waals surface area contributed by atoms with Crippen molar-refractivity contribution < 1.29 is 17.9 Å². The Morgan fingerprint density at radius 3 is 2.77 bits per heavy atom. The minimum absolute atomic E-state index is 0.0456. The van der Waals surface area contributed by atoms with Crippen LogP contribution in [0.2, 0.25) is 0 Å². The van der Waals surface area contributed by atoms with Gasteiger partial charge >= 0.3 is 0 Å². The molecule has 10 heteroatoms. The van der Waals surface area contributed by atoms with Crippen molar-refractivity contribution in [2.75, 3.05) is 43.8 Å². The Bertz CT molecular complexity index is 1030. The highest BCUT2D eigenvalue weighted by atomic mass is 32.2. The summed E-state index contributed by atoms with van der Waals surface area (Å²) in [5.74, 6) is -0.0456. The molecule has 2 aliphatic heterocycles. The number of thiophene rings is 1. The molecule has 8 nitrogen and oxygen atoms in total. The minimum Gasteiger partial charge on any atom is -0.379 e. The lowest BCUT2D eigenvalue weighted by molar-refractivity contribution is -0.135. The lowest BCUT2D eigenvalue weighted by atomic mass is 10.0. The number of nitrogens with zero attached hydrogens (tertiary/aromatic N) is 3. The molecule has 3 heterocycles. The molecule has 2 aromatic rings. The molecule has 160 valence electrons. The molecule has 1 N–H and O–H groups in total. The van der Waals surface area contributed by atoms with Gasteiger partial charge < -0.3 is 4.74 Å². The Morgan fingerprint density at radius 2 is 2.07 bits per heavy atom. The molecule has 1 aromatic carbocycles. The summed E-state index contributed by atoms with van der Waals surface area (Å²) in [7, 11) is -3.37. The summed E-state index contributed by atoms with van der Waals surface area (Å²) in [4.78, 5) is 16.3. The van der Waals surface area contributed by atoms with E-state index in [1.54, 1.807) is 34.5 Å². The first-order valence-electron chi connectivity index (χ1n) is 9.70. The summed E-state index contributed by atoms with van der Waals surface area (Å²) >= 11 is 1.60. The maximum absolute atomic E-state index is 13.1. The number of nitrogens with one attached hydrogen (secondary N) is 1. The highest BCUT2D eigenvalue weighted by molar-refractivity contribution is 7.92. The van der Waals surface area contributed by atoms with Gasteiger partial charge in [0.25, 0.3) is 5.91 Å². The predicted octanol–water partition coefficient (Wildman–Crippen LogP) is 2.13. The second-order valence-electron chi connectivity index (χ2n) is 7.36. The van der Waals surface area contributed by atoms with Crippen molar-refractivity contribution in [2.24, 2.45) is 5.10 Å². The van der Waals surface area contributed by atoms with Gasteiger partial charge in [-0.05, 0) is 29.1 Å². The number of hydrogen-bond acceptors (Lipinski definition) is 7. The van der Waals surface area contributed by atoms with Crippen LogP contribution >= 0.6 is 11.3 Å². The van der Waals surface area contributed by atoms with Crippen LogP contribution in [0, 0.1) is 0 Å². The van der Waals surface area contributed by atoms with Crippen molar-refractivity contribution in [3.8, 4) is 0 Å². The fourth-order valence-electron chi connectivity index (χ4n) is 3.62. The standard InChI is InChI=1S/C20H24N4O4S2/c1-30(26,27)22-16-5-2-4-15(12-16)17-13-18(19-6-3-11-29-19)24(21-17)20(25)14-23-7-9-28-10-8-23/h2-6,11-12,18,22H,7-10,13-14H2,1H3. The third-order valence-electron chi connectivity index (χ3n) is 5.00. The fraction of sp³-hybridized carbons (Fsp3) is 0.400. The Kier molecular flexibility index (Phi) is 6.19. The lowest BCUT2D eigenvalue weighted by Crippen LogP contribution is -2.43. The zero-order valence-electron chi connectivity index (χ0n) is 16.7. The number of amides is 1. The normalized spacial score (nSPS) is 20.2. The zero-order valence-corrected chi connectivity index (χ0v) is 18.3. The van der Waals surface area contributed by atoms with Gasteiger partial charge in [0.05, 0.1) is 37.8 Å². The SMILES string of the molecule is CS(=O)(=O)Nc1cccc(C2=NN(C(=O)CN3CCOCC3)C(c3cccs3)C2)c1. The summed E-state index contributed by atoms with van der Waals surface area (Å²) < 4.78 is 31.0. The van der Waals surface area contributed by atoms with Gasteiger partial charge in [-0.2, -0.15) is 5.10 Å². The number of ether oxygens (including phenoxy) is 1. The van der Waals surface area contributed by atoms with E-state index in [2.05, 4.69) is 14.7 Å². The number of anilines is 1. The molecule has 0 aliphatic carbocycles. The first kappa shape index (κ1) is 21.0. The van der Waals surface area contributed by atoms with Crippen LogP contribution in [0.15, 0.2) is 46.9 Å². The summed E-state index contributed by atoms with van der Waals surface area (Å²) in [6.07, 6.45) is 1.70. The van der Waals surface area contributed by atoms with Crippen LogP contribution < -0.4 is 4.72 Å². The van der Waals surface area contributed by atoms with Crippen molar-refractivity contribution in [3.05, 3.63) is 52.2 Å². The van der Waals surface area contributed by atoms with Crippen LogP contribution in [0.3, 0.4) is 0 Å². The van der Waals surface area contributed by atoms with Gasteiger partial charge in [0.2, 0.25) is 10.0 Å². The van der Waals surface area contributed by atoms with Crippen molar-refractivity contribution in [1.29, 1.82) is 0 Å². The average Bonchev–Trinajstić information content (AvgIpc) is 3.37. The second-order valence-corrected chi connectivity index (χ2v) is 10.1. The van der Waals surface area contributed by atoms with Gasteiger partial charge in [0, 0.05) is 30.1 Å². The first-order valence-corrected chi connectivity index (χ1v) is 12.5. The number of carbonyl (C=O) groups is 1. The number of rotatable bonds is 6. The molecule has 4 rings (SSSR count). The van der Waals surface area contributed by atoms with E-state index in [0.29, 0.717) is 31.9 Å². The van der Waals surface area contributed by atoms with Crippen LogP contribution in [-0.4, -0.2) is 69.0 Å². The van der Waals surface area contributed by atoms with Crippen molar-refractivity contribution in [2.45, 2.75) is 12.5 Å². The molecule has 1 atom stereocenters. The molecule has 0 saturated carbocycles. The largest absolute Gasteiger partial charge is 0.379 e. The van der Waals surface area contributed by atoms with Crippen molar-refractivity contribution in [1.82, 2.24) is 9.91 Å². The van der Waals surface area contributed by atoms with Crippen molar-refractivity contribution in [3.63, 3.8) is 0 Å². The quantitative estimate of drug-likeness (QED) is 0.731. The van der Waals surface area contributed by atoms with E-state index in [-0.39, 0.29) is 11.9 Å².